The van der Waals surface area contributed by atoms with Gasteiger partial charge in [0.2, 0.25) is 34.6 Å². The first-order valence-electron chi connectivity index (χ1n) is 32.2. The molecule has 48 heteroatoms. The largest absolute Gasteiger partial charge is 0.480 e. The SMILES string of the molecule is CCC(F)(F)CO/C(=C/C(=O)OC)C(=O)OC.CCOC(=O)/C=C(/OC(C)C(F)(F)F)C(=O)OCC.CCOC(=O)/C=C(/OCC(F)(F)CC(C)(F)F)C(=O)OCC.CCOC(=O)/C=C(/OCC(F)(F)CC)C(=O)OCC.COC(=O)/C=C(/OC(C)C(F)(F)F)C(=O)OC.COC(=O)/C=C(/OCC(F)(F)CC(C)(F)F)C(=O)OC. The van der Waals surface area contributed by atoms with Crippen molar-refractivity contribution >= 4 is 71.6 Å². The van der Waals surface area contributed by atoms with Crippen LogP contribution in [0.25, 0.3) is 0 Å². The molecule has 660 valence electrons. The molecule has 30 nitrogen and oxygen atoms in total. The molecule has 0 N–H and O–H groups in total. The summed E-state index contributed by atoms with van der Waals surface area (Å²) >= 11 is 0. The highest BCUT2D eigenvalue weighted by Crippen LogP contribution is 2.33. The topological polar surface area (TPSA) is 371 Å². The molecule has 0 fully saturated rings. The van der Waals surface area contributed by atoms with Crippen molar-refractivity contribution in [2.24, 2.45) is 0 Å². The molecule has 0 aliphatic heterocycles. The second kappa shape index (κ2) is 57.6. The first-order valence-corrected chi connectivity index (χ1v) is 32.2. The predicted octanol–water partition coefficient (Wildman–Crippen LogP) is 11.1. The third kappa shape index (κ3) is 61.2. The summed E-state index contributed by atoms with van der Waals surface area (Å²) in [5, 5.41) is 0. The molecule has 0 saturated heterocycles. The predicted molar refractivity (Wildman–Crippen MR) is 348 cm³/mol. The van der Waals surface area contributed by atoms with E-state index in [-0.39, 0.29) is 39.6 Å². The van der Waals surface area contributed by atoms with Gasteiger partial charge < -0.3 is 85.3 Å². The Bertz CT molecular complexity index is 3180. The fraction of sp³-hybridized carbons (Fsp3) is 0.636. The molecule has 0 aliphatic carbocycles. The Morgan fingerprint density at radius 3 is 0.667 bits per heavy atom. The van der Waals surface area contributed by atoms with Crippen molar-refractivity contribution in [2.45, 2.75) is 169 Å². The lowest BCUT2D eigenvalue weighted by Gasteiger charge is -2.21. The van der Waals surface area contributed by atoms with E-state index < -0.39 is 218 Å². The van der Waals surface area contributed by atoms with Crippen LogP contribution in [0.15, 0.2) is 71.0 Å². The van der Waals surface area contributed by atoms with Gasteiger partial charge in [-0.25, -0.2) is 110 Å². The van der Waals surface area contributed by atoms with Crippen LogP contribution in [0.1, 0.15) is 109 Å². The molecule has 0 rings (SSSR count). The zero-order chi connectivity index (χ0) is 90.4. The fourth-order valence-corrected chi connectivity index (χ4v) is 5.66. The molecule has 2 atom stereocenters. The van der Waals surface area contributed by atoms with E-state index in [1.807, 2.05) is 0 Å². The van der Waals surface area contributed by atoms with Gasteiger partial charge >= 0.3 is 84.0 Å². The summed E-state index contributed by atoms with van der Waals surface area (Å²) in [6, 6.07) is 0. The molecule has 2 unspecified atom stereocenters. The summed E-state index contributed by atoms with van der Waals surface area (Å²) in [5.74, 6) is -38.4. The molecule has 0 aromatic rings. The minimum absolute atomic E-state index is 0.0103. The fourth-order valence-electron chi connectivity index (χ4n) is 5.66. The molecule has 0 saturated carbocycles. The Labute approximate surface area is 640 Å². The second-order valence-corrected chi connectivity index (χ2v) is 20.9. The number of carbonyl (C=O) groups excluding carboxylic acids is 12. The zero-order valence-corrected chi connectivity index (χ0v) is 64.6. The Morgan fingerprint density at radius 1 is 0.263 bits per heavy atom. The number of hydrogen-bond donors (Lipinski definition) is 0. The van der Waals surface area contributed by atoms with Crippen molar-refractivity contribution in [1.29, 1.82) is 0 Å². The highest BCUT2D eigenvalue weighted by Gasteiger charge is 2.44. The molecular weight excluding hydrogens is 1610 g/mol. The number of ether oxygens (including phenoxy) is 18. The smallest absolute Gasteiger partial charge is 0.425 e. The number of rotatable bonds is 40. The van der Waals surface area contributed by atoms with Crippen LogP contribution in [0, 0.1) is 0 Å². The van der Waals surface area contributed by atoms with Gasteiger partial charge in [-0.05, 0) is 69.2 Å². The first-order chi connectivity index (χ1) is 52.2. The van der Waals surface area contributed by atoms with E-state index in [2.05, 4.69) is 85.3 Å². The standard InChI is InChI=1S/C13H18F4O5.C12H18F2O5.C11H14F4O5.C11H15F3O5.C10H14F2O5.C9H11F3O5/c1-4-20-10(18)6-9(11(19)21-5-2)22-8-13(16,17)7-12(3,14)15;1-4-12(13,14)8-19-9(11(16)18-6-3)7-10(15)17-5-2;1-10(12,13)5-11(14,15)6-20-7(9(17)19-3)4-8(16)18-2;1-4-17-9(15)6-8(10(16)18-5-2)19-7(3)11(12,13)14;1-4-10(11,12)6-17-7(9(14)16-3)5-8(13)15-2;1-5(9(10,11)12)17-6(8(14)16-3)4-7(13)15-2/h6H,4-5,7-8H2,1-3H3;7H,4-6,8H2,1-3H3;4H,5-6H2,1-3H3;6-7H,4-5H2,1-3H3;5H,4,6H2,1-3H3;4-5H,1-3H3/b9-6+;9-7+;7-4+;8-6+;7-5+;6-4+. The van der Waals surface area contributed by atoms with Gasteiger partial charge in [-0.2, -0.15) is 26.3 Å². The van der Waals surface area contributed by atoms with Crippen LogP contribution in [0.3, 0.4) is 0 Å². The number of alkyl halides is 18. The first kappa shape index (κ1) is 115. The van der Waals surface area contributed by atoms with Gasteiger partial charge in [-0.1, -0.05) is 13.8 Å². The van der Waals surface area contributed by atoms with Crippen LogP contribution < -0.4 is 0 Å². The van der Waals surface area contributed by atoms with Gasteiger partial charge in [0.05, 0.1) is 132 Å². The number of carbonyl (C=O) groups is 12. The molecule has 0 spiro atoms. The van der Waals surface area contributed by atoms with E-state index in [1.165, 1.54) is 41.5 Å². The second-order valence-electron chi connectivity index (χ2n) is 20.9. The number of methoxy groups -OCH3 is 6. The van der Waals surface area contributed by atoms with Crippen LogP contribution in [0.2, 0.25) is 0 Å². The van der Waals surface area contributed by atoms with Crippen molar-refractivity contribution in [2.75, 3.05) is 109 Å². The van der Waals surface area contributed by atoms with Crippen molar-refractivity contribution in [1.82, 2.24) is 0 Å². The summed E-state index contributed by atoms with van der Waals surface area (Å²) in [5.41, 5.74) is 0. The van der Waals surface area contributed by atoms with Crippen LogP contribution in [-0.2, 0) is 143 Å². The van der Waals surface area contributed by atoms with Crippen molar-refractivity contribution in [3.63, 3.8) is 0 Å². The Morgan fingerprint density at radius 2 is 0.456 bits per heavy atom. The molecule has 0 bridgehead atoms. The monoisotopic (exact) mass is 1700 g/mol. The lowest BCUT2D eigenvalue weighted by Crippen LogP contribution is -2.32. The third-order valence-electron chi connectivity index (χ3n) is 11.0. The van der Waals surface area contributed by atoms with Crippen LogP contribution in [0.4, 0.5) is 79.0 Å². The van der Waals surface area contributed by atoms with E-state index in [0.29, 0.717) is 64.2 Å². The molecule has 0 amide bonds. The van der Waals surface area contributed by atoms with Gasteiger partial charge in [-0.3, -0.25) is 0 Å². The average molecular weight is 1710 g/mol. The Hall–Kier alpha value is -10.4. The van der Waals surface area contributed by atoms with Crippen LogP contribution in [-0.4, -0.2) is 240 Å². The lowest BCUT2D eigenvalue weighted by atomic mass is 10.1. The maximum absolute atomic E-state index is 13.3. The quantitative estimate of drug-likeness (QED) is 0.0181. The number of esters is 12. The Balaban J connectivity index is -0.000000308. The van der Waals surface area contributed by atoms with Gasteiger partial charge in [0.1, 0.15) is 0 Å². The minimum Gasteiger partial charge on any atom is -0.480 e. The Kier molecular flexibility index (Phi) is 57.9. The minimum atomic E-state index is -4.67. The van der Waals surface area contributed by atoms with Crippen LogP contribution >= 0.6 is 0 Å². The van der Waals surface area contributed by atoms with E-state index in [1.54, 1.807) is 13.8 Å². The third-order valence-corrected chi connectivity index (χ3v) is 11.0. The van der Waals surface area contributed by atoms with Gasteiger partial charge in [0.15, 0.2) is 38.6 Å². The molecule has 0 aromatic carbocycles. The summed E-state index contributed by atoms with van der Waals surface area (Å²) in [6.07, 6.45) is -14.9. The van der Waals surface area contributed by atoms with Gasteiger partial charge in [-0.15, -0.1) is 0 Å². The molecular formula is C66H90F18O30. The molecule has 0 aromatic heterocycles. The highest BCUT2D eigenvalue weighted by atomic mass is 19.4. The van der Waals surface area contributed by atoms with E-state index in [4.69, 9.17) is 0 Å². The van der Waals surface area contributed by atoms with Gasteiger partial charge in [0, 0.05) is 12.8 Å². The molecule has 114 heavy (non-hydrogen) atoms. The zero-order valence-electron chi connectivity index (χ0n) is 64.6. The number of halogens is 18. The highest BCUT2D eigenvalue weighted by molar-refractivity contribution is 5.98. The maximum Gasteiger partial charge on any atom is 0.425 e. The molecule has 0 aliphatic rings. The summed E-state index contributed by atoms with van der Waals surface area (Å²) in [7, 11) is 5.97. The number of hydrogen-bond acceptors (Lipinski definition) is 30. The normalized spacial score (nSPS) is 12.8. The molecule has 0 heterocycles. The van der Waals surface area contributed by atoms with E-state index >= 15 is 0 Å². The van der Waals surface area contributed by atoms with Crippen molar-refractivity contribution in [3.8, 4) is 0 Å². The lowest BCUT2D eigenvalue weighted by molar-refractivity contribution is -0.206. The van der Waals surface area contributed by atoms with Crippen LogP contribution in [0.5, 0.6) is 0 Å². The van der Waals surface area contributed by atoms with E-state index in [9.17, 15) is 137 Å². The van der Waals surface area contributed by atoms with Crippen molar-refractivity contribution in [3.05, 3.63) is 71.0 Å². The summed E-state index contributed by atoms with van der Waals surface area (Å²) in [6.45, 7) is 8.59. The van der Waals surface area contributed by atoms with E-state index in [0.717, 1.165) is 42.7 Å². The molecule has 0 radical (unpaired) electrons. The van der Waals surface area contributed by atoms with Gasteiger partial charge in [0.25, 0.3) is 35.5 Å². The van der Waals surface area contributed by atoms with Crippen molar-refractivity contribution < 1.29 is 222 Å². The average Bonchev–Trinajstić information content (AvgIpc) is 0.922. The maximum atomic E-state index is 13.3. The summed E-state index contributed by atoms with van der Waals surface area (Å²) < 4.78 is 308. The summed E-state index contributed by atoms with van der Waals surface area (Å²) in [4.78, 5) is 134.